The second-order valence-corrected chi connectivity index (χ2v) is 5.07. The highest BCUT2D eigenvalue weighted by Gasteiger charge is 2.43. The van der Waals surface area contributed by atoms with Crippen molar-refractivity contribution in [2.45, 2.75) is 43.8 Å². The first kappa shape index (κ1) is 13.8. The third kappa shape index (κ3) is 3.04. The summed E-state index contributed by atoms with van der Waals surface area (Å²) >= 11 is 0. The zero-order valence-corrected chi connectivity index (χ0v) is 10.7. The van der Waals surface area contributed by atoms with Crippen molar-refractivity contribution in [1.29, 1.82) is 0 Å². The average Bonchev–Trinajstić information content (AvgIpc) is 2.99. The lowest BCUT2D eigenvalue weighted by molar-refractivity contribution is -0.149. The largest absolute Gasteiger partial charge is 0.480 e. The maximum Gasteiger partial charge on any atom is 0.326 e. The van der Waals surface area contributed by atoms with Gasteiger partial charge in [-0.25, -0.2) is 4.79 Å². The Balaban J connectivity index is 1.91. The molecule has 2 rings (SSSR count). The highest BCUT2D eigenvalue weighted by Crippen LogP contribution is 2.33. The van der Waals surface area contributed by atoms with E-state index in [0.29, 0.717) is 6.04 Å². The van der Waals surface area contributed by atoms with Crippen LogP contribution in [-0.2, 0) is 19.1 Å². The van der Waals surface area contributed by atoms with Gasteiger partial charge in [0, 0.05) is 12.1 Å². The van der Waals surface area contributed by atoms with E-state index in [9.17, 15) is 14.4 Å². The second-order valence-electron chi connectivity index (χ2n) is 5.07. The number of hydrogen-bond donors (Lipinski definition) is 3. The number of fused-ring (bicyclic) bond motifs is 2. The van der Waals surface area contributed by atoms with Crippen molar-refractivity contribution in [1.82, 2.24) is 10.6 Å². The average molecular weight is 270 g/mol. The lowest BCUT2D eigenvalue weighted by Gasteiger charge is -2.21. The van der Waals surface area contributed by atoms with Crippen LogP contribution < -0.4 is 10.6 Å². The summed E-state index contributed by atoms with van der Waals surface area (Å²) in [7, 11) is 1.18. The van der Waals surface area contributed by atoms with Gasteiger partial charge in [0.25, 0.3) is 0 Å². The summed E-state index contributed by atoms with van der Waals surface area (Å²) < 4.78 is 4.42. The van der Waals surface area contributed by atoms with Crippen molar-refractivity contribution in [3.63, 3.8) is 0 Å². The monoisotopic (exact) mass is 270 g/mol. The summed E-state index contributed by atoms with van der Waals surface area (Å²) in [5, 5.41) is 14.7. The molecule has 7 nitrogen and oxygen atoms in total. The fourth-order valence-electron chi connectivity index (χ4n) is 2.84. The molecule has 0 spiro atoms. The molecular weight excluding hydrogens is 252 g/mol. The molecular formula is C12H18N2O5. The number of nitrogens with one attached hydrogen (secondary N) is 2. The van der Waals surface area contributed by atoms with Crippen molar-refractivity contribution in [3.05, 3.63) is 0 Å². The first-order valence-electron chi connectivity index (χ1n) is 6.37. The number of methoxy groups -OCH3 is 1. The van der Waals surface area contributed by atoms with Crippen LogP contribution in [-0.4, -0.2) is 48.2 Å². The highest BCUT2D eigenvalue weighted by molar-refractivity contribution is 5.88. The lowest BCUT2D eigenvalue weighted by Crippen LogP contribution is -2.47. The van der Waals surface area contributed by atoms with Gasteiger partial charge in [-0.05, 0) is 19.3 Å². The van der Waals surface area contributed by atoms with Crippen LogP contribution in [0.4, 0.5) is 0 Å². The zero-order valence-electron chi connectivity index (χ0n) is 10.7. The lowest BCUT2D eigenvalue weighted by atomic mass is 9.88. The van der Waals surface area contributed by atoms with E-state index in [2.05, 4.69) is 15.4 Å². The van der Waals surface area contributed by atoms with Crippen LogP contribution in [0.25, 0.3) is 0 Å². The third-order valence-electron chi connectivity index (χ3n) is 3.85. The van der Waals surface area contributed by atoms with Crippen LogP contribution >= 0.6 is 0 Å². The Morgan fingerprint density at radius 3 is 2.63 bits per heavy atom. The fraction of sp³-hybridized carbons (Fsp3) is 0.750. The molecule has 0 saturated carbocycles. The summed E-state index contributed by atoms with van der Waals surface area (Å²) in [6, 6.07) is -0.721. The Hall–Kier alpha value is -1.63. The quantitative estimate of drug-likeness (QED) is 0.568. The Morgan fingerprint density at radius 1 is 1.42 bits per heavy atom. The van der Waals surface area contributed by atoms with Crippen molar-refractivity contribution < 1.29 is 24.2 Å². The topological polar surface area (TPSA) is 105 Å². The molecule has 2 aliphatic heterocycles. The van der Waals surface area contributed by atoms with E-state index < -0.39 is 18.0 Å². The van der Waals surface area contributed by atoms with E-state index in [1.807, 2.05) is 0 Å². The van der Waals surface area contributed by atoms with E-state index in [1.54, 1.807) is 0 Å². The Kier molecular flexibility index (Phi) is 4.04. The zero-order chi connectivity index (χ0) is 14.0. The first-order chi connectivity index (χ1) is 9.01. The summed E-state index contributed by atoms with van der Waals surface area (Å²) in [5.41, 5.74) is 0. The van der Waals surface area contributed by atoms with Crippen LogP contribution in [0.1, 0.15) is 25.7 Å². The van der Waals surface area contributed by atoms with Gasteiger partial charge in [0.15, 0.2) is 0 Å². The molecule has 106 valence electrons. The molecule has 0 aromatic heterocycles. The summed E-state index contributed by atoms with van der Waals surface area (Å²) in [6.45, 7) is 0. The van der Waals surface area contributed by atoms with Gasteiger partial charge in [-0.1, -0.05) is 0 Å². The van der Waals surface area contributed by atoms with Crippen molar-refractivity contribution in [2.24, 2.45) is 5.92 Å². The maximum atomic E-state index is 12.1. The van der Waals surface area contributed by atoms with Crippen LogP contribution in [0, 0.1) is 5.92 Å². The molecule has 2 bridgehead atoms. The predicted molar refractivity (Wildman–Crippen MR) is 64.3 cm³/mol. The summed E-state index contributed by atoms with van der Waals surface area (Å²) in [4.78, 5) is 34.2. The SMILES string of the molecule is COC(=O)C[C@H](NC(=O)C1CC2CCC1N2)C(=O)O. The second kappa shape index (κ2) is 5.56. The molecule has 3 unspecified atom stereocenters. The first-order valence-corrected chi connectivity index (χ1v) is 6.37. The molecule has 2 heterocycles. The standard InChI is InChI=1S/C12H18N2O5/c1-19-10(15)5-9(12(17)18)14-11(16)7-4-6-2-3-8(7)13-6/h6-9,13H,2-5H2,1H3,(H,14,16)(H,17,18)/t6?,7?,8?,9-/m0/s1. The maximum absolute atomic E-state index is 12.1. The van der Waals surface area contributed by atoms with E-state index in [4.69, 9.17) is 5.11 Å². The molecule has 19 heavy (non-hydrogen) atoms. The van der Waals surface area contributed by atoms with Gasteiger partial charge >= 0.3 is 11.9 Å². The van der Waals surface area contributed by atoms with Gasteiger partial charge in [-0.3, -0.25) is 9.59 Å². The molecule has 0 aromatic rings. The number of carbonyl (C=O) groups is 3. The van der Waals surface area contributed by atoms with E-state index in [0.717, 1.165) is 19.3 Å². The van der Waals surface area contributed by atoms with Crippen LogP contribution in [0.3, 0.4) is 0 Å². The smallest absolute Gasteiger partial charge is 0.326 e. The Morgan fingerprint density at radius 2 is 2.16 bits per heavy atom. The van der Waals surface area contributed by atoms with Gasteiger partial charge in [0.05, 0.1) is 19.4 Å². The summed E-state index contributed by atoms with van der Waals surface area (Å²) in [6.07, 6.45) is 2.39. The van der Waals surface area contributed by atoms with Gasteiger partial charge in [0.1, 0.15) is 6.04 Å². The number of carbonyl (C=O) groups excluding carboxylic acids is 2. The van der Waals surface area contributed by atoms with Gasteiger partial charge in [0.2, 0.25) is 5.91 Å². The van der Waals surface area contributed by atoms with Crippen molar-refractivity contribution in [3.8, 4) is 0 Å². The van der Waals surface area contributed by atoms with E-state index >= 15 is 0 Å². The third-order valence-corrected chi connectivity index (χ3v) is 3.85. The number of hydrogen-bond acceptors (Lipinski definition) is 5. The molecule has 4 atom stereocenters. The molecule has 0 aliphatic carbocycles. The van der Waals surface area contributed by atoms with E-state index in [1.165, 1.54) is 7.11 Å². The van der Waals surface area contributed by atoms with E-state index in [-0.39, 0.29) is 24.3 Å². The van der Waals surface area contributed by atoms with Gasteiger partial charge in [-0.15, -0.1) is 0 Å². The number of esters is 1. The highest BCUT2D eigenvalue weighted by atomic mass is 16.5. The van der Waals surface area contributed by atoms with Crippen molar-refractivity contribution in [2.75, 3.05) is 7.11 Å². The minimum Gasteiger partial charge on any atom is -0.480 e. The molecule has 2 fully saturated rings. The Bertz CT molecular complexity index is 398. The normalized spacial score (nSPS) is 29.8. The predicted octanol–water partition coefficient (Wildman–Crippen LogP) is -0.741. The fourth-order valence-corrected chi connectivity index (χ4v) is 2.84. The van der Waals surface area contributed by atoms with Gasteiger partial charge in [-0.2, -0.15) is 0 Å². The Labute approximate surface area is 110 Å². The minimum absolute atomic E-state index is 0.137. The molecule has 2 saturated heterocycles. The van der Waals surface area contributed by atoms with Gasteiger partial charge < -0.3 is 20.5 Å². The molecule has 0 aromatic carbocycles. The minimum atomic E-state index is -1.23. The number of ether oxygens (including phenoxy) is 1. The number of carboxylic acid groups (broad SMARTS) is 1. The molecule has 1 amide bonds. The summed E-state index contributed by atoms with van der Waals surface area (Å²) in [5.74, 6) is -2.37. The molecule has 7 heteroatoms. The van der Waals surface area contributed by atoms with Crippen LogP contribution in [0.5, 0.6) is 0 Å². The van der Waals surface area contributed by atoms with Crippen molar-refractivity contribution >= 4 is 17.8 Å². The number of aliphatic carboxylic acids is 1. The van der Waals surface area contributed by atoms with Crippen LogP contribution in [0.2, 0.25) is 0 Å². The number of rotatable bonds is 5. The molecule has 2 aliphatic rings. The molecule has 3 N–H and O–H groups in total. The van der Waals surface area contributed by atoms with Crippen LogP contribution in [0.15, 0.2) is 0 Å². The molecule has 0 radical (unpaired) electrons. The number of carboxylic acids is 1. The number of amides is 1.